The minimum atomic E-state index is 0.223. The molecule has 1 rings (SSSR count). The van der Waals surface area contributed by atoms with Gasteiger partial charge >= 0.3 is 0 Å². The van der Waals surface area contributed by atoms with E-state index in [1.54, 1.807) is 6.92 Å². The van der Waals surface area contributed by atoms with Crippen molar-refractivity contribution in [3.8, 4) is 0 Å². The molecule has 2 nitrogen and oxygen atoms in total. The van der Waals surface area contributed by atoms with Crippen molar-refractivity contribution in [3.63, 3.8) is 0 Å². The van der Waals surface area contributed by atoms with Crippen molar-refractivity contribution in [1.29, 1.82) is 0 Å². The number of carbonyl (C=O) groups excluding carboxylic acids is 1. The molecule has 0 saturated carbocycles. The Labute approximate surface area is 85.1 Å². The summed E-state index contributed by atoms with van der Waals surface area (Å²) in [5.41, 5.74) is 0. The summed E-state index contributed by atoms with van der Waals surface area (Å²) < 4.78 is 0. The van der Waals surface area contributed by atoms with Gasteiger partial charge in [-0.2, -0.15) is 11.8 Å². The van der Waals surface area contributed by atoms with E-state index >= 15 is 0 Å². The van der Waals surface area contributed by atoms with Crippen LogP contribution in [0.25, 0.3) is 0 Å². The van der Waals surface area contributed by atoms with E-state index in [0.717, 1.165) is 25.3 Å². The van der Waals surface area contributed by atoms with E-state index in [9.17, 15) is 4.79 Å². The molecule has 76 valence electrons. The first kappa shape index (κ1) is 11.1. The number of piperidine rings is 1. The van der Waals surface area contributed by atoms with Gasteiger partial charge in [-0.15, -0.1) is 0 Å². The number of ketones is 1. The van der Waals surface area contributed by atoms with Gasteiger partial charge in [0.05, 0.1) is 6.04 Å². The summed E-state index contributed by atoms with van der Waals surface area (Å²) in [5, 5.41) is 0. The van der Waals surface area contributed by atoms with E-state index in [4.69, 9.17) is 0 Å². The van der Waals surface area contributed by atoms with Gasteiger partial charge in [0.2, 0.25) is 0 Å². The number of hydrogen-bond donors (Lipinski definition) is 0. The lowest BCUT2D eigenvalue weighted by Crippen LogP contribution is -2.44. The summed E-state index contributed by atoms with van der Waals surface area (Å²) in [4.78, 5) is 13.7. The van der Waals surface area contributed by atoms with Gasteiger partial charge in [-0.05, 0) is 32.6 Å². The Balaban J connectivity index is 2.41. The lowest BCUT2D eigenvalue weighted by atomic mass is 9.99. The van der Waals surface area contributed by atoms with Gasteiger partial charge in [0.25, 0.3) is 0 Å². The molecule has 0 N–H and O–H groups in total. The quantitative estimate of drug-likeness (QED) is 0.691. The van der Waals surface area contributed by atoms with Crippen molar-refractivity contribution >= 4 is 17.5 Å². The zero-order valence-electron chi connectivity index (χ0n) is 8.58. The molecule has 0 radical (unpaired) electrons. The van der Waals surface area contributed by atoms with Gasteiger partial charge in [0.1, 0.15) is 5.78 Å². The van der Waals surface area contributed by atoms with Gasteiger partial charge < -0.3 is 0 Å². The van der Waals surface area contributed by atoms with Gasteiger partial charge in [0, 0.05) is 12.3 Å². The third kappa shape index (κ3) is 3.31. The fraction of sp³-hybridized carbons (Fsp3) is 0.900. The second-order valence-electron chi connectivity index (χ2n) is 3.65. The molecule has 1 unspecified atom stereocenters. The number of rotatable bonds is 4. The van der Waals surface area contributed by atoms with Gasteiger partial charge in [0.15, 0.2) is 0 Å². The topological polar surface area (TPSA) is 20.3 Å². The van der Waals surface area contributed by atoms with Crippen LogP contribution in [0.1, 0.15) is 26.2 Å². The average Bonchev–Trinajstić information content (AvgIpc) is 2.15. The highest BCUT2D eigenvalue weighted by molar-refractivity contribution is 7.98. The third-order valence-electron chi connectivity index (χ3n) is 2.67. The van der Waals surface area contributed by atoms with Crippen LogP contribution in [0.5, 0.6) is 0 Å². The molecule has 1 fully saturated rings. The predicted molar refractivity (Wildman–Crippen MR) is 58.3 cm³/mol. The molecule has 0 aromatic carbocycles. The smallest absolute Gasteiger partial charge is 0.146 e. The number of likely N-dealkylation sites (tertiary alicyclic amines) is 1. The van der Waals surface area contributed by atoms with Crippen LogP contribution < -0.4 is 0 Å². The molecule has 13 heavy (non-hydrogen) atoms. The summed E-state index contributed by atoms with van der Waals surface area (Å²) in [6.45, 7) is 3.91. The first-order valence-corrected chi connectivity index (χ1v) is 6.38. The fourth-order valence-corrected chi connectivity index (χ4v) is 2.34. The van der Waals surface area contributed by atoms with E-state index in [1.807, 2.05) is 11.8 Å². The number of thioether (sulfide) groups is 1. The van der Waals surface area contributed by atoms with Crippen LogP contribution >= 0.6 is 11.8 Å². The van der Waals surface area contributed by atoms with Crippen LogP contribution in [-0.4, -0.2) is 41.8 Å². The molecule has 1 aliphatic heterocycles. The van der Waals surface area contributed by atoms with Crippen LogP contribution in [0.3, 0.4) is 0 Å². The van der Waals surface area contributed by atoms with E-state index in [0.29, 0.717) is 5.78 Å². The van der Waals surface area contributed by atoms with E-state index in [1.165, 1.54) is 12.8 Å². The molecule has 1 atom stereocenters. The first-order chi connectivity index (χ1) is 6.25. The average molecular weight is 201 g/mol. The molecule has 1 saturated heterocycles. The largest absolute Gasteiger partial charge is 0.298 e. The zero-order chi connectivity index (χ0) is 9.68. The monoisotopic (exact) mass is 201 g/mol. The Morgan fingerprint density at radius 1 is 1.54 bits per heavy atom. The number of carbonyl (C=O) groups is 1. The Hall–Kier alpha value is -0.0200. The van der Waals surface area contributed by atoms with Gasteiger partial charge in [-0.3, -0.25) is 9.69 Å². The summed E-state index contributed by atoms with van der Waals surface area (Å²) in [7, 11) is 0. The van der Waals surface area contributed by atoms with Gasteiger partial charge in [-0.25, -0.2) is 0 Å². The summed E-state index contributed by atoms with van der Waals surface area (Å²) >= 11 is 1.86. The van der Waals surface area contributed by atoms with Crippen molar-refractivity contribution in [2.45, 2.75) is 32.2 Å². The molecule has 0 amide bonds. The highest BCUT2D eigenvalue weighted by Gasteiger charge is 2.24. The summed E-state index contributed by atoms with van der Waals surface area (Å²) in [5.74, 6) is 1.49. The molecular weight excluding hydrogens is 182 g/mol. The molecule has 0 bridgehead atoms. The van der Waals surface area contributed by atoms with Crippen molar-refractivity contribution < 1.29 is 4.79 Å². The standard InChI is InChI=1S/C10H19NOS/c1-9(12)10-5-3-4-6-11(10)7-8-13-2/h10H,3-8H2,1-2H3. The lowest BCUT2D eigenvalue weighted by Gasteiger charge is -2.33. The Morgan fingerprint density at radius 2 is 2.31 bits per heavy atom. The molecule has 1 heterocycles. The number of nitrogens with zero attached hydrogens (tertiary/aromatic N) is 1. The second-order valence-corrected chi connectivity index (χ2v) is 4.64. The molecule has 3 heteroatoms. The summed E-state index contributed by atoms with van der Waals surface area (Å²) in [6.07, 6.45) is 5.68. The van der Waals surface area contributed by atoms with E-state index in [2.05, 4.69) is 11.2 Å². The number of hydrogen-bond acceptors (Lipinski definition) is 3. The van der Waals surface area contributed by atoms with Crippen LogP contribution in [-0.2, 0) is 4.79 Å². The molecule has 0 aromatic rings. The van der Waals surface area contributed by atoms with Crippen LogP contribution in [0.15, 0.2) is 0 Å². The second kappa shape index (κ2) is 5.66. The van der Waals surface area contributed by atoms with E-state index < -0.39 is 0 Å². The minimum absolute atomic E-state index is 0.223. The van der Waals surface area contributed by atoms with Crippen LogP contribution in [0.2, 0.25) is 0 Å². The summed E-state index contributed by atoms with van der Waals surface area (Å²) in [6, 6.07) is 0.223. The van der Waals surface area contributed by atoms with Crippen molar-refractivity contribution in [2.24, 2.45) is 0 Å². The SMILES string of the molecule is CSCCN1CCCCC1C(C)=O. The molecule has 0 aliphatic carbocycles. The van der Waals surface area contributed by atoms with Crippen molar-refractivity contribution in [2.75, 3.05) is 25.1 Å². The highest BCUT2D eigenvalue weighted by atomic mass is 32.2. The maximum absolute atomic E-state index is 11.3. The Bertz CT molecular complexity index is 172. The van der Waals surface area contributed by atoms with Crippen LogP contribution in [0, 0.1) is 0 Å². The fourth-order valence-electron chi connectivity index (χ4n) is 1.93. The Kier molecular flexibility index (Phi) is 4.81. The highest BCUT2D eigenvalue weighted by Crippen LogP contribution is 2.17. The third-order valence-corrected chi connectivity index (χ3v) is 3.26. The minimum Gasteiger partial charge on any atom is -0.298 e. The molecule has 1 aliphatic rings. The molecule has 0 spiro atoms. The van der Waals surface area contributed by atoms with Crippen molar-refractivity contribution in [3.05, 3.63) is 0 Å². The Morgan fingerprint density at radius 3 is 2.92 bits per heavy atom. The molecular formula is C10H19NOS. The van der Waals surface area contributed by atoms with Gasteiger partial charge in [-0.1, -0.05) is 6.42 Å². The lowest BCUT2D eigenvalue weighted by molar-refractivity contribution is -0.123. The maximum atomic E-state index is 11.3. The van der Waals surface area contributed by atoms with Crippen molar-refractivity contribution in [1.82, 2.24) is 4.90 Å². The number of Topliss-reactive ketones (excluding diaryl/α,β-unsaturated/α-hetero) is 1. The first-order valence-electron chi connectivity index (χ1n) is 4.99. The normalized spacial score (nSPS) is 24.6. The molecule has 0 aromatic heterocycles. The maximum Gasteiger partial charge on any atom is 0.146 e. The zero-order valence-corrected chi connectivity index (χ0v) is 9.40. The van der Waals surface area contributed by atoms with Crippen LogP contribution in [0.4, 0.5) is 0 Å². The van der Waals surface area contributed by atoms with E-state index in [-0.39, 0.29) is 6.04 Å². The predicted octanol–water partition coefficient (Wildman–Crippen LogP) is 1.79.